The van der Waals surface area contributed by atoms with Crippen LogP contribution in [0.25, 0.3) is 6.08 Å². The molecule has 0 unspecified atom stereocenters. The number of nitriles is 1. The van der Waals surface area contributed by atoms with E-state index in [1.54, 1.807) is 18.2 Å². The third kappa shape index (κ3) is 1.74. The molecule has 3 heteroatoms. The molecule has 2 nitrogen and oxygen atoms in total. The quantitative estimate of drug-likeness (QED) is 0.650. The highest BCUT2D eigenvalue weighted by molar-refractivity contribution is 9.10. The van der Waals surface area contributed by atoms with E-state index in [1.165, 1.54) is 6.08 Å². The van der Waals surface area contributed by atoms with E-state index in [9.17, 15) is 0 Å². The van der Waals surface area contributed by atoms with E-state index in [-0.39, 0.29) is 0 Å². The Morgan fingerprint density at radius 2 is 2.40 bits per heavy atom. The third-order valence-electron chi connectivity index (χ3n) is 0.916. The minimum absolute atomic E-state index is 0.671. The van der Waals surface area contributed by atoms with Gasteiger partial charge in [0.15, 0.2) is 4.67 Å². The molecule has 0 aliphatic rings. The standard InChI is InChI=1S/C7H4BrNO/c8-7-4-3-6(10-7)2-1-5-9/h1-4H. The maximum Gasteiger partial charge on any atom is 0.169 e. The number of rotatable bonds is 1. The first-order valence-electron chi connectivity index (χ1n) is 2.64. The average Bonchev–Trinajstić information content (AvgIpc) is 2.31. The van der Waals surface area contributed by atoms with E-state index in [1.807, 2.05) is 6.07 Å². The molecule has 0 saturated heterocycles. The molecule has 1 aromatic rings. The zero-order valence-electron chi connectivity index (χ0n) is 5.04. The van der Waals surface area contributed by atoms with E-state index in [4.69, 9.17) is 9.68 Å². The van der Waals surface area contributed by atoms with Crippen molar-refractivity contribution in [2.24, 2.45) is 0 Å². The fraction of sp³-hybridized carbons (Fsp3) is 0. The van der Waals surface area contributed by atoms with Crippen LogP contribution in [0, 0.1) is 11.3 Å². The second-order valence-corrected chi connectivity index (χ2v) is 2.39. The molecule has 0 amide bonds. The highest BCUT2D eigenvalue weighted by Gasteiger charge is 1.91. The van der Waals surface area contributed by atoms with Gasteiger partial charge >= 0.3 is 0 Å². The van der Waals surface area contributed by atoms with Gasteiger partial charge in [-0.15, -0.1) is 0 Å². The molecule has 10 heavy (non-hydrogen) atoms. The van der Waals surface area contributed by atoms with E-state index in [0.29, 0.717) is 10.4 Å². The van der Waals surface area contributed by atoms with Crippen molar-refractivity contribution in [2.75, 3.05) is 0 Å². The monoisotopic (exact) mass is 197 g/mol. The maximum atomic E-state index is 8.14. The second-order valence-electron chi connectivity index (χ2n) is 1.60. The summed E-state index contributed by atoms with van der Waals surface area (Å²) in [5, 5.41) is 8.14. The van der Waals surface area contributed by atoms with E-state index in [2.05, 4.69) is 15.9 Å². The number of hydrogen-bond donors (Lipinski definition) is 0. The van der Waals surface area contributed by atoms with Gasteiger partial charge in [0.05, 0.1) is 6.07 Å². The molecule has 0 spiro atoms. The highest BCUT2D eigenvalue weighted by atomic mass is 79.9. The van der Waals surface area contributed by atoms with Crippen molar-refractivity contribution in [3.63, 3.8) is 0 Å². The van der Waals surface area contributed by atoms with Crippen LogP contribution in [0.4, 0.5) is 0 Å². The van der Waals surface area contributed by atoms with Gasteiger partial charge in [-0.2, -0.15) is 5.26 Å². The Kier molecular flexibility index (Phi) is 2.30. The van der Waals surface area contributed by atoms with Gasteiger partial charge in [0.2, 0.25) is 0 Å². The SMILES string of the molecule is N#CC=Cc1ccc(Br)o1. The van der Waals surface area contributed by atoms with Crippen molar-refractivity contribution in [1.82, 2.24) is 0 Å². The molecule has 0 radical (unpaired) electrons. The number of halogens is 1. The summed E-state index contributed by atoms with van der Waals surface area (Å²) < 4.78 is 5.74. The first-order valence-corrected chi connectivity index (χ1v) is 3.44. The number of allylic oxidation sites excluding steroid dienone is 1. The number of furan rings is 1. The molecule has 0 saturated carbocycles. The summed E-state index contributed by atoms with van der Waals surface area (Å²) in [6.07, 6.45) is 2.97. The Morgan fingerprint density at radius 3 is 2.90 bits per heavy atom. The van der Waals surface area contributed by atoms with Crippen molar-refractivity contribution in [3.8, 4) is 6.07 Å². The molecule has 0 bridgehead atoms. The van der Waals surface area contributed by atoms with Gasteiger partial charge in [0, 0.05) is 6.08 Å². The molecular weight excluding hydrogens is 194 g/mol. The lowest BCUT2D eigenvalue weighted by Crippen LogP contribution is -1.56. The van der Waals surface area contributed by atoms with Crippen LogP contribution in [0.1, 0.15) is 5.76 Å². The topological polar surface area (TPSA) is 36.9 Å². The lowest BCUT2D eigenvalue weighted by atomic mass is 10.4. The van der Waals surface area contributed by atoms with Crippen molar-refractivity contribution in [3.05, 3.63) is 28.6 Å². The molecule has 0 fully saturated rings. The first-order chi connectivity index (χ1) is 4.83. The van der Waals surface area contributed by atoms with Crippen LogP contribution in [0.15, 0.2) is 27.3 Å². The number of nitrogens with zero attached hydrogens (tertiary/aromatic N) is 1. The molecule has 50 valence electrons. The predicted octanol–water partition coefficient (Wildman–Crippen LogP) is 2.58. The lowest BCUT2D eigenvalue weighted by molar-refractivity contribution is 0.531. The number of hydrogen-bond acceptors (Lipinski definition) is 2. The molecule has 1 aromatic heterocycles. The largest absolute Gasteiger partial charge is 0.450 e. The summed E-state index contributed by atoms with van der Waals surface area (Å²) in [6.45, 7) is 0. The van der Waals surface area contributed by atoms with Crippen LogP contribution in [-0.4, -0.2) is 0 Å². The summed E-state index contributed by atoms with van der Waals surface area (Å²) in [5.74, 6) is 0.674. The molecule has 0 aromatic carbocycles. The minimum atomic E-state index is 0.671. The molecule has 0 atom stereocenters. The fourth-order valence-electron chi connectivity index (χ4n) is 0.537. The van der Waals surface area contributed by atoms with Crippen molar-refractivity contribution in [1.29, 1.82) is 5.26 Å². The Hall–Kier alpha value is -1.01. The van der Waals surface area contributed by atoms with E-state index in [0.717, 1.165) is 0 Å². The zero-order chi connectivity index (χ0) is 7.40. The van der Waals surface area contributed by atoms with Gasteiger partial charge in [0.1, 0.15) is 5.76 Å². The summed E-state index contributed by atoms with van der Waals surface area (Å²) in [4.78, 5) is 0. The maximum absolute atomic E-state index is 8.14. The Bertz CT molecular complexity index is 282. The highest BCUT2D eigenvalue weighted by Crippen LogP contribution is 2.14. The smallest absolute Gasteiger partial charge is 0.169 e. The van der Waals surface area contributed by atoms with Crippen LogP contribution in [0.5, 0.6) is 0 Å². The summed E-state index contributed by atoms with van der Waals surface area (Å²) in [7, 11) is 0. The lowest BCUT2D eigenvalue weighted by Gasteiger charge is -1.78. The molecule has 1 heterocycles. The fourth-order valence-corrected chi connectivity index (χ4v) is 0.856. The summed E-state index contributed by atoms with van der Waals surface area (Å²) in [5.41, 5.74) is 0. The van der Waals surface area contributed by atoms with Crippen LogP contribution in [0.3, 0.4) is 0 Å². The van der Waals surface area contributed by atoms with Gasteiger partial charge in [-0.25, -0.2) is 0 Å². The Balaban J connectivity index is 2.78. The van der Waals surface area contributed by atoms with Crippen molar-refractivity contribution >= 4 is 22.0 Å². The first kappa shape index (κ1) is 7.10. The minimum Gasteiger partial charge on any atom is -0.450 e. The molecule has 0 aliphatic heterocycles. The summed E-state index contributed by atoms with van der Waals surface area (Å²) >= 11 is 3.14. The van der Waals surface area contributed by atoms with Crippen LogP contribution in [0.2, 0.25) is 0 Å². The molecule has 0 N–H and O–H groups in total. The van der Waals surface area contributed by atoms with Gasteiger partial charge < -0.3 is 4.42 Å². The van der Waals surface area contributed by atoms with Gasteiger partial charge in [-0.3, -0.25) is 0 Å². The predicted molar refractivity (Wildman–Crippen MR) is 41.1 cm³/mol. The summed E-state index contributed by atoms with van der Waals surface area (Å²) in [6, 6.07) is 5.42. The molecule has 1 rings (SSSR count). The van der Waals surface area contributed by atoms with Crippen LogP contribution in [-0.2, 0) is 0 Å². The van der Waals surface area contributed by atoms with Crippen LogP contribution >= 0.6 is 15.9 Å². The van der Waals surface area contributed by atoms with Gasteiger partial charge in [-0.1, -0.05) is 0 Å². The zero-order valence-corrected chi connectivity index (χ0v) is 6.63. The molecular formula is C7H4BrNO. The Labute approximate surface area is 66.9 Å². The van der Waals surface area contributed by atoms with Crippen LogP contribution < -0.4 is 0 Å². The van der Waals surface area contributed by atoms with Gasteiger partial charge in [-0.05, 0) is 34.1 Å². The van der Waals surface area contributed by atoms with Gasteiger partial charge in [0.25, 0.3) is 0 Å². The molecule has 0 aliphatic carbocycles. The average molecular weight is 198 g/mol. The van der Waals surface area contributed by atoms with E-state index >= 15 is 0 Å². The van der Waals surface area contributed by atoms with Crippen molar-refractivity contribution < 1.29 is 4.42 Å². The normalized spacial score (nSPS) is 10.0. The van der Waals surface area contributed by atoms with E-state index < -0.39 is 0 Å². The van der Waals surface area contributed by atoms with Crippen molar-refractivity contribution in [2.45, 2.75) is 0 Å². The third-order valence-corrected chi connectivity index (χ3v) is 1.34. The second kappa shape index (κ2) is 3.23. The Morgan fingerprint density at radius 1 is 1.60 bits per heavy atom.